The first-order valence-electron chi connectivity index (χ1n) is 6.36. The number of aliphatic carboxylic acids is 1. The fourth-order valence-corrected chi connectivity index (χ4v) is 1.57. The molecule has 0 radical (unpaired) electrons. The van der Waals surface area contributed by atoms with Crippen molar-refractivity contribution in [3.05, 3.63) is 35.9 Å². The maximum atomic E-state index is 12.2. The number of urea groups is 1. The van der Waals surface area contributed by atoms with Crippen LogP contribution in [-0.2, 0) is 9.59 Å². The Labute approximate surface area is 122 Å². The smallest absolute Gasteiger partial charge is 0.313 e. The summed E-state index contributed by atoms with van der Waals surface area (Å²) in [4.78, 5) is 34.2. The molecule has 7 heteroatoms. The second-order valence-electron chi connectivity index (χ2n) is 5.26. The Morgan fingerprint density at radius 1 is 1.24 bits per heavy atom. The number of benzene rings is 1. The van der Waals surface area contributed by atoms with Crippen molar-refractivity contribution in [1.82, 2.24) is 10.6 Å². The number of hydrogen-bond acceptors (Lipinski definition) is 3. The van der Waals surface area contributed by atoms with E-state index in [0.29, 0.717) is 5.56 Å². The molecule has 21 heavy (non-hydrogen) atoms. The third kappa shape index (κ3) is 4.79. The number of primary amides is 1. The maximum absolute atomic E-state index is 12.2. The summed E-state index contributed by atoms with van der Waals surface area (Å²) in [6, 6.07) is 6.75. The zero-order valence-electron chi connectivity index (χ0n) is 11.9. The first kappa shape index (κ1) is 16.5. The van der Waals surface area contributed by atoms with Crippen LogP contribution in [0.3, 0.4) is 0 Å². The van der Waals surface area contributed by atoms with Gasteiger partial charge in [-0.2, -0.15) is 0 Å². The highest BCUT2D eigenvalue weighted by molar-refractivity contribution is 5.88. The molecule has 0 heterocycles. The fraction of sp³-hybridized carbons (Fsp3) is 0.357. The minimum atomic E-state index is -1.11. The van der Waals surface area contributed by atoms with Gasteiger partial charge in [0.25, 0.3) is 0 Å². The number of nitrogens with two attached hydrogens (primary N) is 1. The molecule has 0 fully saturated rings. The molecule has 0 bridgehead atoms. The van der Waals surface area contributed by atoms with Crippen molar-refractivity contribution in [2.45, 2.75) is 19.9 Å². The van der Waals surface area contributed by atoms with Gasteiger partial charge in [-0.25, -0.2) is 4.79 Å². The van der Waals surface area contributed by atoms with Crippen molar-refractivity contribution in [1.29, 1.82) is 0 Å². The van der Waals surface area contributed by atoms with Crippen molar-refractivity contribution in [2.24, 2.45) is 11.1 Å². The number of carboxylic acids is 1. The Morgan fingerprint density at radius 2 is 1.81 bits per heavy atom. The molecular weight excluding hydrogens is 274 g/mol. The average Bonchev–Trinajstić information content (AvgIpc) is 2.43. The van der Waals surface area contributed by atoms with E-state index in [9.17, 15) is 14.4 Å². The predicted octanol–water partition coefficient (Wildman–Crippen LogP) is 0.623. The normalized spacial score (nSPS) is 12.3. The Morgan fingerprint density at radius 3 is 2.29 bits per heavy atom. The van der Waals surface area contributed by atoms with E-state index in [1.807, 2.05) is 0 Å². The Hall–Kier alpha value is -2.57. The third-order valence-electron chi connectivity index (χ3n) is 2.97. The van der Waals surface area contributed by atoms with Crippen molar-refractivity contribution in [2.75, 3.05) is 6.54 Å². The van der Waals surface area contributed by atoms with Gasteiger partial charge in [-0.1, -0.05) is 30.3 Å². The molecule has 0 aliphatic heterocycles. The second-order valence-corrected chi connectivity index (χ2v) is 5.26. The summed E-state index contributed by atoms with van der Waals surface area (Å²) >= 11 is 0. The molecule has 1 aromatic rings. The molecule has 0 aliphatic rings. The van der Waals surface area contributed by atoms with Crippen LogP contribution in [0.5, 0.6) is 0 Å². The standard InChI is InChI=1S/C14H19N3O4/c1-14(2,12(19)20)8-16-11(18)10(17-13(15)21)9-6-4-3-5-7-9/h3-7,10H,8H2,1-2H3,(H,16,18)(H,19,20)(H3,15,17,21). The van der Waals surface area contributed by atoms with Gasteiger partial charge in [0.2, 0.25) is 5.91 Å². The van der Waals surface area contributed by atoms with E-state index in [4.69, 9.17) is 10.8 Å². The van der Waals surface area contributed by atoms with Gasteiger partial charge in [0.05, 0.1) is 5.41 Å². The summed E-state index contributed by atoms with van der Waals surface area (Å²) in [6.45, 7) is 2.92. The number of hydrogen-bond donors (Lipinski definition) is 4. The van der Waals surface area contributed by atoms with Crippen molar-refractivity contribution in [3.63, 3.8) is 0 Å². The summed E-state index contributed by atoms with van der Waals surface area (Å²) in [5, 5.41) is 13.9. The SMILES string of the molecule is CC(C)(CNC(=O)C(NC(N)=O)c1ccccc1)C(=O)O. The van der Waals surface area contributed by atoms with Crippen molar-refractivity contribution >= 4 is 17.9 Å². The molecule has 1 atom stereocenters. The van der Waals surface area contributed by atoms with Gasteiger partial charge in [-0.15, -0.1) is 0 Å². The summed E-state index contributed by atoms with van der Waals surface area (Å²) in [7, 11) is 0. The van der Waals surface area contributed by atoms with Crippen LogP contribution in [0, 0.1) is 5.41 Å². The molecule has 0 aromatic heterocycles. The highest BCUT2D eigenvalue weighted by Crippen LogP contribution is 2.16. The molecule has 1 unspecified atom stereocenters. The number of nitrogens with one attached hydrogen (secondary N) is 2. The summed E-state index contributed by atoms with van der Waals surface area (Å²) in [6.07, 6.45) is 0. The molecular formula is C14H19N3O4. The first-order chi connectivity index (χ1) is 9.74. The number of carbonyl (C=O) groups excluding carboxylic acids is 2. The number of rotatable bonds is 6. The lowest BCUT2D eigenvalue weighted by Crippen LogP contribution is -2.46. The fourth-order valence-electron chi connectivity index (χ4n) is 1.57. The molecule has 3 amide bonds. The van der Waals surface area contributed by atoms with Gasteiger partial charge >= 0.3 is 12.0 Å². The van der Waals surface area contributed by atoms with Crippen molar-refractivity contribution in [3.8, 4) is 0 Å². The van der Waals surface area contributed by atoms with Gasteiger partial charge < -0.3 is 21.5 Å². The average molecular weight is 293 g/mol. The van der Waals surface area contributed by atoms with Gasteiger partial charge in [0, 0.05) is 6.54 Å². The molecule has 0 saturated heterocycles. The van der Waals surface area contributed by atoms with Gasteiger partial charge in [0.1, 0.15) is 6.04 Å². The van der Waals surface area contributed by atoms with E-state index in [1.165, 1.54) is 13.8 Å². The molecule has 0 aliphatic carbocycles. The van der Waals surface area contributed by atoms with Gasteiger partial charge in [-0.3, -0.25) is 9.59 Å². The van der Waals surface area contributed by atoms with Crippen LogP contribution >= 0.6 is 0 Å². The molecule has 1 rings (SSSR count). The highest BCUT2D eigenvalue weighted by Gasteiger charge is 2.29. The van der Waals surface area contributed by atoms with E-state index >= 15 is 0 Å². The quantitative estimate of drug-likeness (QED) is 0.614. The number of carboxylic acid groups (broad SMARTS) is 1. The maximum Gasteiger partial charge on any atom is 0.313 e. The monoisotopic (exact) mass is 293 g/mol. The van der Waals surface area contributed by atoms with E-state index in [2.05, 4.69) is 10.6 Å². The lowest BCUT2D eigenvalue weighted by atomic mass is 9.93. The minimum Gasteiger partial charge on any atom is -0.481 e. The van der Waals surface area contributed by atoms with Crippen LogP contribution in [0.25, 0.3) is 0 Å². The van der Waals surface area contributed by atoms with E-state index in [1.54, 1.807) is 30.3 Å². The van der Waals surface area contributed by atoms with E-state index < -0.39 is 29.4 Å². The largest absolute Gasteiger partial charge is 0.481 e. The van der Waals surface area contributed by atoms with Gasteiger partial charge in [0.15, 0.2) is 0 Å². The van der Waals surface area contributed by atoms with Crippen LogP contribution in [0.4, 0.5) is 4.79 Å². The Bertz CT molecular complexity index is 528. The first-order valence-corrected chi connectivity index (χ1v) is 6.36. The Kier molecular flexibility index (Phi) is 5.29. The lowest BCUT2D eigenvalue weighted by molar-refractivity contribution is -0.146. The summed E-state index contributed by atoms with van der Waals surface area (Å²) in [5.41, 5.74) is 4.52. The van der Waals surface area contributed by atoms with Crippen LogP contribution in [-0.4, -0.2) is 29.6 Å². The molecule has 0 saturated carbocycles. The molecule has 1 aromatic carbocycles. The van der Waals surface area contributed by atoms with E-state index in [0.717, 1.165) is 0 Å². The summed E-state index contributed by atoms with van der Waals surface area (Å²) < 4.78 is 0. The Balaban J connectivity index is 2.82. The topological polar surface area (TPSA) is 122 Å². The molecule has 7 nitrogen and oxygen atoms in total. The van der Waals surface area contributed by atoms with Crippen molar-refractivity contribution < 1.29 is 19.5 Å². The van der Waals surface area contributed by atoms with Crippen LogP contribution < -0.4 is 16.4 Å². The minimum absolute atomic E-state index is 0.0645. The molecule has 114 valence electrons. The zero-order valence-corrected chi connectivity index (χ0v) is 11.9. The van der Waals surface area contributed by atoms with E-state index in [-0.39, 0.29) is 6.54 Å². The summed E-state index contributed by atoms with van der Waals surface area (Å²) in [5.74, 6) is -1.55. The number of amides is 3. The molecule has 0 spiro atoms. The highest BCUT2D eigenvalue weighted by atomic mass is 16.4. The van der Waals surface area contributed by atoms with Crippen LogP contribution in [0.1, 0.15) is 25.5 Å². The molecule has 5 N–H and O–H groups in total. The third-order valence-corrected chi connectivity index (χ3v) is 2.97. The zero-order chi connectivity index (χ0) is 16.0. The second kappa shape index (κ2) is 6.74. The van der Waals surface area contributed by atoms with Crippen LogP contribution in [0.2, 0.25) is 0 Å². The number of carbonyl (C=O) groups is 3. The predicted molar refractivity (Wildman–Crippen MR) is 76.3 cm³/mol. The lowest BCUT2D eigenvalue weighted by Gasteiger charge is -2.22. The van der Waals surface area contributed by atoms with Crippen LogP contribution in [0.15, 0.2) is 30.3 Å². The van der Waals surface area contributed by atoms with Gasteiger partial charge in [-0.05, 0) is 19.4 Å².